The number of aromatic amines is 1. The fraction of sp³-hybridized carbons (Fsp3) is 0.100. The molecule has 0 unspecified atom stereocenters. The van der Waals surface area contributed by atoms with Crippen molar-refractivity contribution in [3.63, 3.8) is 0 Å². The molecule has 3 aromatic rings. The summed E-state index contributed by atoms with van der Waals surface area (Å²) in [5.41, 5.74) is 1.86. The molecule has 27 heavy (non-hydrogen) atoms. The number of benzene rings is 2. The second-order valence-corrected chi connectivity index (χ2v) is 5.87. The molecule has 2 aromatic carbocycles. The average Bonchev–Trinajstić information content (AvgIpc) is 3.10. The lowest BCUT2D eigenvalue weighted by Gasteiger charge is -2.10. The number of fused-ring (bicyclic) bond motifs is 1. The van der Waals surface area contributed by atoms with Gasteiger partial charge in [0, 0.05) is 40.9 Å². The minimum atomic E-state index is -0.946. The van der Waals surface area contributed by atoms with E-state index in [4.69, 9.17) is 4.74 Å². The van der Waals surface area contributed by atoms with Crippen LogP contribution < -0.4 is 0 Å². The summed E-state index contributed by atoms with van der Waals surface area (Å²) < 4.78 is 5.17. The zero-order chi connectivity index (χ0) is 19.4. The third-order valence-electron chi connectivity index (χ3n) is 4.03. The van der Waals surface area contributed by atoms with Gasteiger partial charge in [-0.05, 0) is 36.8 Å². The van der Waals surface area contributed by atoms with E-state index < -0.39 is 17.0 Å². The van der Waals surface area contributed by atoms with E-state index in [9.17, 15) is 19.7 Å². The lowest BCUT2D eigenvalue weighted by Crippen LogP contribution is -2.23. The van der Waals surface area contributed by atoms with Crippen molar-refractivity contribution in [2.45, 2.75) is 13.0 Å². The predicted octanol–water partition coefficient (Wildman–Crippen LogP) is 3.90. The molecule has 7 heteroatoms. The van der Waals surface area contributed by atoms with Gasteiger partial charge in [0.1, 0.15) is 0 Å². The van der Waals surface area contributed by atoms with Crippen molar-refractivity contribution in [1.29, 1.82) is 0 Å². The number of carbonyl (C=O) groups is 2. The molecule has 0 aliphatic carbocycles. The van der Waals surface area contributed by atoms with Gasteiger partial charge < -0.3 is 9.72 Å². The Morgan fingerprint density at radius 3 is 2.56 bits per heavy atom. The van der Waals surface area contributed by atoms with Gasteiger partial charge in [-0.25, -0.2) is 4.79 Å². The number of hydrogen-bond acceptors (Lipinski definition) is 5. The Morgan fingerprint density at radius 1 is 1.15 bits per heavy atom. The van der Waals surface area contributed by atoms with Crippen LogP contribution in [0.5, 0.6) is 0 Å². The van der Waals surface area contributed by atoms with Gasteiger partial charge in [-0.15, -0.1) is 0 Å². The molecule has 0 spiro atoms. The van der Waals surface area contributed by atoms with Crippen molar-refractivity contribution >= 4 is 34.4 Å². The van der Waals surface area contributed by atoms with E-state index in [0.29, 0.717) is 11.1 Å². The summed E-state index contributed by atoms with van der Waals surface area (Å²) in [5.74, 6) is -0.974. The van der Waals surface area contributed by atoms with Crippen LogP contribution in [0.25, 0.3) is 17.0 Å². The van der Waals surface area contributed by atoms with Crippen LogP contribution in [0.2, 0.25) is 0 Å². The van der Waals surface area contributed by atoms with Gasteiger partial charge in [0.15, 0.2) is 6.10 Å². The fourth-order valence-electron chi connectivity index (χ4n) is 2.63. The number of Topliss-reactive ketones (excluding diaryl/α,β-unsaturated/α-hetero) is 1. The van der Waals surface area contributed by atoms with E-state index in [0.717, 1.165) is 10.9 Å². The van der Waals surface area contributed by atoms with Crippen molar-refractivity contribution in [2.24, 2.45) is 0 Å². The highest BCUT2D eigenvalue weighted by molar-refractivity contribution is 6.10. The molecule has 0 aliphatic heterocycles. The van der Waals surface area contributed by atoms with Crippen molar-refractivity contribution in [3.05, 3.63) is 82.0 Å². The minimum Gasteiger partial charge on any atom is -0.451 e. The van der Waals surface area contributed by atoms with Crippen molar-refractivity contribution in [2.75, 3.05) is 0 Å². The van der Waals surface area contributed by atoms with E-state index in [1.165, 1.54) is 43.3 Å². The molecule has 1 aromatic heterocycles. The summed E-state index contributed by atoms with van der Waals surface area (Å²) in [4.78, 5) is 37.6. The monoisotopic (exact) mass is 364 g/mol. The SMILES string of the molecule is C[C@H](OC(=O)/C=C/c1ccc([N+](=O)[O-])cc1)C(=O)c1c[nH]c2ccccc12. The van der Waals surface area contributed by atoms with Gasteiger partial charge in [0.05, 0.1) is 4.92 Å². The zero-order valence-electron chi connectivity index (χ0n) is 14.4. The summed E-state index contributed by atoms with van der Waals surface area (Å²) in [6, 6.07) is 13.1. The lowest BCUT2D eigenvalue weighted by molar-refractivity contribution is -0.384. The average molecular weight is 364 g/mol. The Morgan fingerprint density at radius 2 is 1.85 bits per heavy atom. The number of rotatable bonds is 6. The van der Waals surface area contributed by atoms with Crippen LogP contribution in [0.1, 0.15) is 22.8 Å². The first kappa shape index (κ1) is 18.1. The number of nitrogens with zero attached hydrogens (tertiary/aromatic N) is 1. The first-order valence-electron chi connectivity index (χ1n) is 8.19. The molecular formula is C20H16N2O5. The number of esters is 1. The van der Waals surface area contributed by atoms with Gasteiger partial charge >= 0.3 is 5.97 Å². The highest BCUT2D eigenvalue weighted by Gasteiger charge is 2.21. The number of para-hydroxylation sites is 1. The molecule has 0 amide bonds. The molecule has 1 N–H and O–H groups in total. The molecule has 0 aliphatic rings. The highest BCUT2D eigenvalue weighted by atomic mass is 16.6. The molecule has 0 saturated carbocycles. The van der Waals surface area contributed by atoms with Crippen LogP contribution >= 0.6 is 0 Å². The number of non-ortho nitro benzene ring substituents is 1. The van der Waals surface area contributed by atoms with Gasteiger partial charge in [-0.2, -0.15) is 0 Å². The molecule has 0 radical (unpaired) electrons. The van der Waals surface area contributed by atoms with Crippen LogP contribution in [-0.2, 0) is 9.53 Å². The van der Waals surface area contributed by atoms with Crippen molar-refractivity contribution in [1.82, 2.24) is 4.98 Å². The number of nitrogens with one attached hydrogen (secondary N) is 1. The summed E-state index contributed by atoms with van der Waals surface area (Å²) in [6.07, 6.45) is 3.30. The van der Waals surface area contributed by atoms with E-state index in [1.807, 2.05) is 24.3 Å². The Kier molecular flexibility index (Phi) is 5.12. The number of nitro groups is 1. The maximum atomic E-state index is 12.5. The summed E-state index contributed by atoms with van der Waals surface area (Å²) in [6.45, 7) is 1.52. The standard InChI is InChI=1S/C20H16N2O5/c1-13(20(24)17-12-21-18-5-3-2-4-16(17)18)27-19(23)11-8-14-6-9-15(10-7-14)22(25)26/h2-13,21H,1H3/b11-8+/t13-/m0/s1. The maximum Gasteiger partial charge on any atom is 0.331 e. The van der Waals surface area contributed by atoms with Crippen LogP contribution in [-0.4, -0.2) is 27.8 Å². The first-order valence-corrected chi connectivity index (χ1v) is 8.19. The molecular weight excluding hydrogens is 348 g/mol. The van der Waals surface area contributed by atoms with Crippen LogP contribution in [0.4, 0.5) is 5.69 Å². The van der Waals surface area contributed by atoms with Crippen LogP contribution in [0, 0.1) is 10.1 Å². The Bertz CT molecular complexity index is 1030. The molecule has 7 nitrogen and oxygen atoms in total. The first-order chi connectivity index (χ1) is 13.0. The number of hydrogen-bond donors (Lipinski definition) is 1. The second-order valence-electron chi connectivity index (χ2n) is 5.87. The third-order valence-corrected chi connectivity index (χ3v) is 4.03. The van der Waals surface area contributed by atoms with Gasteiger partial charge in [-0.3, -0.25) is 14.9 Å². The normalized spacial score (nSPS) is 12.2. The maximum absolute atomic E-state index is 12.5. The Labute approximate surface area is 154 Å². The van der Waals surface area contributed by atoms with Crippen molar-refractivity contribution in [3.8, 4) is 0 Å². The van der Waals surface area contributed by atoms with E-state index >= 15 is 0 Å². The quantitative estimate of drug-likeness (QED) is 0.235. The molecule has 3 rings (SSSR count). The smallest absolute Gasteiger partial charge is 0.331 e. The van der Waals surface area contributed by atoms with Crippen LogP contribution in [0.15, 0.2) is 60.8 Å². The summed E-state index contributed by atoms with van der Waals surface area (Å²) in [5, 5.41) is 11.4. The Balaban J connectivity index is 1.64. The summed E-state index contributed by atoms with van der Waals surface area (Å²) >= 11 is 0. The third kappa shape index (κ3) is 4.09. The molecule has 0 fully saturated rings. The van der Waals surface area contributed by atoms with E-state index in [1.54, 1.807) is 6.20 Å². The number of aromatic nitrogens is 1. The predicted molar refractivity (Wildman–Crippen MR) is 100 cm³/mol. The molecule has 136 valence electrons. The second kappa shape index (κ2) is 7.65. The Hall–Kier alpha value is -3.74. The summed E-state index contributed by atoms with van der Waals surface area (Å²) in [7, 11) is 0. The molecule has 1 heterocycles. The lowest BCUT2D eigenvalue weighted by atomic mass is 10.1. The van der Waals surface area contributed by atoms with Gasteiger partial charge in [0.25, 0.3) is 5.69 Å². The number of carbonyl (C=O) groups excluding carboxylic acids is 2. The number of nitro benzene ring substituents is 1. The topological polar surface area (TPSA) is 102 Å². The fourth-order valence-corrected chi connectivity index (χ4v) is 2.63. The van der Waals surface area contributed by atoms with Crippen molar-refractivity contribution < 1.29 is 19.2 Å². The van der Waals surface area contributed by atoms with Crippen LogP contribution in [0.3, 0.4) is 0 Å². The van der Waals surface area contributed by atoms with E-state index in [-0.39, 0.29) is 11.5 Å². The minimum absolute atomic E-state index is 0.0346. The molecule has 0 saturated heterocycles. The number of H-pyrrole nitrogens is 1. The van der Waals surface area contributed by atoms with Gasteiger partial charge in [-0.1, -0.05) is 18.2 Å². The van der Waals surface area contributed by atoms with Gasteiger partial charge in [0.2, 0.25) is 5.78 Å². The van der Waals surface area contributed by atoms with E-state index in [2.05, 4.69) is 4.98 Å². The number of ketones is 1. The zero-order valence-corrected chi connectivity index (χ0v) is 14.4. The highest BCUT2D eigenvalue weighted by Crippen LogP contribution is 2.20. The molecule has 1 atom stereocenters. The molecule has 0 bridgehead atoms. The number of ether oxygens (including phenoxy) is 1. The largest absolute Gasteiger partial charge is 0.451 e.